The molecule has 128 valence electrons. The van der Waals surface area contributed by atoms with Gasteiger partial charge in [-0.25, -0.2) is 0 Å². The van der Waals surface area contributed by atoms with Gasteiger partial charge in [0.2, 0.25) is 0 Å². The average molecular weight is 349 g/mol. The summed E-state index contributed by atoms with van der Waals surface area (Å²) in [5.74, 6) is -0.551. The Kier molecular flexibility index (Phi) is 6.20. The van der Waals surface area contributed by atoms with Crippen molar-refractivity contribution < 1.29 is 14.6 Å². The molecular weight excluding hydrogens is 328 g/mol. The van der Waals surface area contributed by atoms with Crippen molar-refractivity contribution in [2.45, 2.75) is 19.1 Å². The van der Waals surface area contributed by atoms with Crippen LogP contribution in [0.5, 0.6) is 0 Å². The van der Waals surface area contributed by atoms with Crippen LogP contribution >= 0.6 is 11.6 Å². The summed E-state index contributed by atoms with van der Waals surface area (Å²) >= 11 is 6.25. The summed E-state index contributed by atoms with van der Waals surface area (Å²) in [7, 11) is 1.42. The fraction of sp³-hybridized carbons (Fsp3) is 0.278. The Bertz CT molecular complexity index is 690. The highest BCUT2D eigenvalue weighted by molar-refractivity contribution is 6.33. The lowest BCUT2D eigenvalue weighted by Gasteiger charge is -2.21. The molecule has 0 saturated carbocycles. The van der Waals surface area contributed by atoms with Gasteiger partial charge in [-0.15, -0.1) is 0 Å². The standard InChI is InChI=1S/C18H21ClN2O3/c1-18(23,12-24-2)17(22)21-14-8-9-16(15(19)10-14)20-11-13-6-4-3-5-7-13/h3-10,20,23H,11-12H2,1-2H3,(H,21,22). The molecule has 0 heterocycles. The van der Waals surface area contributed by atoms with Crippen molar-refractivity contribution in [3.63, 3.8) is 0 Å². The molecule has 2 rings (SSSR count). The van der Waals surface area contributed by atoms with Gasteiger partial charge in [-0.1, -0.05) is 41.9 Å². The molecule has 0 bridgehead atoms. The highest BCUT2D eigenvalue weighted by Gasteiger charge is 2.30. The van der Waals surface area contributed by atoms with Crippen molar-refractivity contribution in [1.82, 2.24) is 0 Å². The van der Waals surface area contributed by atoms with E-state index in [4.69, 9.17) is 16.3 Å². The molecule has 5 nitrogen and oxygen atoms in total. The predicted molar refractivity (Wildman–Crippen MR) is 96.4 cm³/mol. The third kappa shape index (κ3) is 4.96. The van der Waals surface area contributed by atoms with Gasteiger partial charge >= 0.3 is 0 Å². The van der Waals surface area contributed by atoms with Crippen molar-refractivity contribution in [2.75, 3.05) is 24.4 Å². The Balaban J connectivity index is 2.00. The predicted octanol–water partition coefficient (Wildman–Crippen LogP) is 3.29. The van der Waals surface area contributed by atoms with E-state index in [-0.39, 0.29) is 6.61 Å². The summed E-state index contributed by atoms with van der Waals surface area (Å²) in [6.07, 6.45) is 0. The molecule has 3 N–H and O–H groups in total. The Morgan fingerprint density at radius 1 is 1.25 bits per heavy atom. The number of nitrogens with one attached hydrogen (secondary N) is 2. The Morgan fingerprint density at radius 2 is 1.96 bits per heavy atom. The number of amides is 1. The van der Waals surface area contributed by atoms with Crippen LogP contribution in [0, 0.1) is 0 Å². The molecular formula is C18H21ClN2O3. The van der Waals surface area contributed by atoms with Gasteiger partial charge in [0.25, 0.3) is 5.91 Å². The summed E-state index contributed by atoms with van der Waals surface area (Å²) < 4.78 is 4.84. The maximum absolute atomic E-state index is 12.0. The normalized spacial score (nSPS) is 13.2. The molecule has 1 amide bonds. The van der Waals surface area contributed by atoms with E-state index in [9.17, 15) is 9.90 Å². The van der Waals surface area contributed by atoms with E-state index < -0.39 is 11.5 Å². The van der Waals surface area contributed by atoms with Crippen molar-refractivity contribution in [3.05, 3.63) is 59.1 Å². The summed E-state index contributed by atoms with van der Waals surface area (Å²) in [5.41, 5.74) is 0.807. The third-order valence-corrected chi connectivity index (χ3v) is 3.78. The van der Waals surface area contributed by atoms with Gasteiger partial charge in [0.15, 0.2) is 5.60 Å². The lowest BCUT2D eigenvalue weighted by molar-refractivity contribution is -0.137. The number of halogens is 1. The summed E-state index contributed by atoms with van der Waals surface area (Å²) in [6, 6.07) is 15.1. The van der Waals surface area contributed by atoms with E-state index in [0.717, 1.165) is 11.3 Å². The molecule has 0 aliphatic carbocycles. The van der Waals surface area contributed by atoms with Crippen LogP contribution in [0.4, 0.5) is 11.4 Å². The second kappa shape index (κ2) is 8.15. The Hall–Kier alpha value is -2.08. The van der Waals surface area contributed by atoms with Gasteiger partial charge in [-0.2, -0.15) is 0 Å². The first kappa shape index (κ1) is 18.3. The first-order chi connectivity index (χ1) is 11.4. The zero-order chi connectivity index (χ0) is 17.6. The molecule has 0 spiro atoms. The van der Waals surface area contributed by atoms with E-state index in [1.165, 1.54) is 14.0 Å². The number of hydrogen-bond donors (Lipinski definition) is 3. The Labute approximate surface area is 146 Å². The Morgan fingerprint density at radius 3 is 2.58 bits per heavy atom. The highest BCUT2D eigenvalue weighted by atomic mass is 35.5. The fourth-order valence-corrected chi connectivity index (χ4v) is 2.39. The van der Waals surface area contributed by atoms with Crippen LogP contribution in [0.15, 0.2) is 48.5 Å². The van der Waals surface area contributed by atoms with Gasteiger partial charge in [0.1, 0.15) is 0 Å². The molecule has 0 aliphatic rings. The third-order valence-electron chi connectivity index (χ3n) is 3.47. The van der Waals surface area contributed by atoms with Crippen molar-refractivity contribution >= 4 is 28.9 Å². The number of benzene rings is 2. The van der Waals surface area contributed by atoms with Crippen LogP contribution < -0.4 is 10.6 Å². The van der Waals surface area contributed by atoms with Gasteiger partial charge in [-0.05, 0) is 30.7 Å². The zero-order valence-electron chi connectivity index (χ0n) is 13.7. The maximum atomic E-state index is 12.0. The lowest BCUT2D eigenvalue weighted by atomic mass is 10.1. The fourth-order valence-electron chi connectivity index (χ4n) is 2.14. The molecule has 0 fully saturated rings. The topological polar surface area (TPSA) is 70.6 Å². The minimum atomic E-state index is -1.61. The van der Waals surface area contributed by atoms with Crippen molar-refractivity contribution in [1.29, 1.82) is 0 Å². The van der Waals surface area contributed by atoms with Gasteiger partial charge in [-0.3, -0.25) is 4.79 Å². The van der Waals surface area contributed by atoms with Gasteiger partial charge < -0.3 is 20.5 Å². The molecule has 24 heavy (non-hydrogen) atoms. The number of ether oxygens (including phenoxy) is 1. The molecule has 0 aliphatic heterocycles. The average Bonchev–Trinajstić information content (AvgIpc) is 2.55. The van der Waals surface area contributed by atoms with Crippen LogP contribution in [0.3, 0.4) is 0 Å². The van der Waals surface area contributed by atoms with Crippen LogP contribution in [0.2, 0.25) is 5.02 Å². The number of hydrogen-bond acceptors (Lipinski definition) is 4. The summed E-state index contributed by atoms with van der Waals surface area (Å²) in [4.78, 5) is 12.0. The summed E-state index contributed by atoms with van der Waals surface area (Å²) in [5, 5.41) is 16.4. The van der Waals surface area contributed by atoms with Gasteiger partial charge in [0.05, 0.1) is 17.3 Å². The van der Waals surface area contributed by atoms with E-state index in [1.54, 1.807) is 18.2 Å². The number of methoxy groups -OCH3 is 1. The lowest BCUT2D eigenvalue weighted by Crippen LogP contribution is -2.43. The number of rotatable bonds is 7. The van der Waals surface area contributed by atoms with E-state index in [2.05, 4.69) is 10.6 Å². The van der Waals surface area contributed by atoms with Gasteiger partial charge in [0, 0.05) is 19.3 Å². The van der Waals surface area contributed by atoms with Crippen molar-refractivity contribution in [3.8, 4) is 0 Å². The molecule has 2 aromatic rings. The zero-order valence-corrected chi connectivity index (χ0v) is 14.4. The maximum Gasteiger partial charge on any atom is 0.258 e. The number of carbonyl (C=O) groups excluding carboxylic acids is 1. The first-order valence-electron chi connectivity index (χ1n) is 7.52. The molecule has 2 aromatic carbocycles. The second-order valence-electron chi connectivity index (χ2n) is 5.69. The van der Waals surface area contributed by atoms with E-state index >= 15 is 0 Å². The minimum Gasteiger partial charge on any atom is -0.381 e. The molecule has 1 unspecified atom stereocenters. The van der Waals surface area contributed by atoms with Crippen LogP contribution in [0.1, 0.15) is 12.5 Å². The minimum absolute atomic E-state index is 0.0940. The monoisotopic (exact) mass is 348 g/mol. The largest absolute Gasteiger partial charge is 0.381 e. The molecule has 6 heteroatoms. The van der Waals surface area contributed by atoms with Crippen LogP contribution in [-0.2, 0) is 16.1 Å². The van der Waals surface area contributed by atoms with Crippen LogP contribution in [0.25, 0.3) is 0 Å². The van der Waals surface area contributed by atoms with E-state index in [1.807, 2.05) is 30.3 Å². The highest BCUT2D eigenvalue weighted by Crippen LogP contribution is 2.26. The van der Waals surface area contributed by atoms with E-state index in [0.29, 0.717) is 17.3 Å². The molecule has 0 radical (unpaired) electrons. The van der Waals surface area contributed by atoms with Crippen molar-refractivity contribution in [2.24, 2.45) is 0 Å². The molecule has 1 atom stereocenters. The number of carbonyl (C=O) groups is 1. The summed E-state index contributed by atoms with van der Waals surface area (Å²) in [6.45, 7) is 1.95. The number of anilines is 2. The first-order valence-corrected chi connectivity index (χ1v) is 7.90. The molecule has 0 saturated heterocycles. The number of aliphatic hydroxyl groups is 1. The smallest absolute Gasteiger partial charge is 0.258 e. The second-order valence-corrected chi connectivity index (χ2v) is 6.10. The molecule has 0 aromatic heterocycles. The van der Waals surface area contributed by atoms with Crippen LogP contribution in [-0.4, -0.2) is 30.3 Å². The SMILES string of the molecule is COCC(C)(O)C(=O)Nc1ccc(NCc2ccccc2)c(Cl)c1. The quantitative estimate of drug-likeness (QED) is 0.718.